The Labute approximate surface area is 129 Å². The summed E-state index contributed by atoms with van der Waals surface area (Å²) in [6, 6.07) is 6.84. The topological polar surface area (TPSA) is 24.5 Å². The van der Waals surface area contributed by atoms with Gasteiger partial charge in [0.15, 0.2) is 0 Å². The first-order valence-corrected chi connectivity index (χ1v) is 8.06. The molecule has 1 heterocycles. The predicted octanol–water partition coefficient (Wildman–Crippen LogP) is 3.50. The third kappa shape index (κ3) is 5.01. The van der Waals surface area contributed by atoms with E-state index in [1.807, 2.05) is 0 Å². The molecule has 1 fully saturated rings. The lowest BCUT2D eigenvalue weighted by atomic mass is 10.0. The first-order valence-electron chi connectivity index (χ1n) is 8.06. The predicted molar refractivity (Wildman–Crippen MR) is 90.0 cm³/mol. The van der Waals surface area contributed by atoms with E-state index in [-0.39, 0.29) is 5.54 Å². The first-order chi connectivity index (χ1) is 9.85. The highest BCUT2D eigenvalue weighted by Crippen LogP contribution is 2.22. The van der Waals surface area contributed by atoms with Gasteiger partial charge in [0.25, 0.3) is 0 Å². The van der Waals surface area contributed by atoms with Crippen LogP contribution in [0.5, 0.6) is 0 Å². The minimum atomic E-state index is 0.155. The van der Waals surface area contributed by atoms with Crippen LogP contribution in [0.15, 0.2) is 18.2 Å². The van der Waals surface area contributed by atoms with Crippen molar-refractivity contribution in [2.24, 2.45) is 0 Å². The molecule has 0 radical (unpaired) electrons. The molecule has 2 rings (SSSR count). The molecule has 1 saturated heterocycles. The molecule has 1 N–H and O–H groups in total. The third-order valence-electron chi connectivity index (χ3n) is 3.95. The zero-order chi connectivity index (χ0) is 15.5. The number of nitrogens with one attached hydrogen (secondary N) is 1. The second-order valence-corrected chi connectivity index (χ2v) is 7.20. The number of hydrogen-bond acceptors (Lipinski definition) is 3. The summed E-state index contributed by atoms with van der Waals surface area (Å²) in [5, 5.41) is 3.56. The van der Waals surface area contributed by atoms with Crippen molar-refractivity contribution in [2.45, 2.75) is 59.2 Å². The molecule has 1 atom stereocenters. The fraction of sp³-hybridized carbons (Fsp3) is 0.667. The van der Waals surface area contributed by atoms with Gasteiger partial charge in [-0.3, -0.25) is 0 Å². The third-order valence-corrected chi connectivity index (χ3v) is 3.95. The second kappa shape index (κ2) is 6.80. The van der Waals surface area contributed by atoms with Crippen molar-refractivity contribution < 1.29 is 4.74 Å². The Kier molecular flexibility index (Phi) is 5.28. The Morgan fingerprint density at radius 1 is 1.33 bits per heavy atom. The van der Waals surface area contributed by atoms with Gasteiger partial charge in [0.1, 0.15) is 0 Å². The van der Waals surface area contributed by atoms with E-state index in [0.29, 0.717) is 6.10 Å². The SMILES string of the molecule is Cc1cc(N2CCCOC(C)C2)ccc1CNC(C)(C)C. The van der Waals surface area contributed by atoms with Crippen LogP contribution < -0.4 is 10.2 Å². The summed E-state index contributed by atoms with van der Waals surface area (Å²) in [7, 11) is 0. The molecule has 118 valence electrons. The molecule has 1 aliphatic heterocycles. The van der Waals surface area contributed by atoms with Crippen LogP contribution in [0.4, 0.5) is 5.69 Å². The minimum absolute atomic E-state index is 0.155. The van der Waals surface area contributed by atoms with Crippen LogP contribution in [0, 0.1) is 6.92 Å². The summed E-state index contributed by atoms with van der Waals surface area (Å²) in [6.07, 6.45) is 1.42. The van der Waals surface area contributed by atoms with Gasteiger partial charge in [0.05, 0.1) is 6.10 Å². The zero-order valence-corrected chi connectivity index (χ0v) is 14.2. The lowest BCUT2D eigenvalue weighted by Gasteiger charge is -2.26. The fourth-order valence-corrected chi connectivity index (χ4v) is 2.66. The van der Waals surface area contributed by atoms with Gasteiger partial charge >= 0.3 is 0 Å². The Hall–Kier alpha value is -1.06. The molecule has 1 unspecified atom stereocenters. The van der Waals surface area contributed by atoms with E-state index in [9.17, 15) is 0 Å². The molecule has 0 aliphatic carbocycles. The lowest BCUT2D eigenvalue weighted by Crippen LogP contribution is -2.35. The molecular formula is C18H30N2O. The van der Waals surface area contributed by atoms with E-state index in [2.05, 4.69) is 63.0 Å². The van der Waals surface area contributed by atoms with Crippen LogP contribution in [-0.4, -0.2) is 31.3 Å². The van der Waals surface area contributed by atoms with Gasteiger partial charge in [-0.1, -0.05) is 6.07 Å². The number of aryl methyl sites for hydroxylation is 1. The molecule has 1 aromatic carbocycles. The summed E-state index contributed by atoms with van der Waals surface area (Å²) in [6.45, 7) is 14.9. The molecule has 0 amide bonds. The molecule has 3 heteroatoms. The zero-order valence-electron chi connectivity index (χ0n) is 14.2. The van der Waals surface area contributed by atoms with Crippen LogP contribution in [0.1, 0.15) is 45.2 Å². The molecule has 1 aromatic rings. The Balaban J connectivity index is 2.07. The standard InChI is InChI=1S/C18H30N2O/c1-14-11-17(20-9-6-10-21-15(2)13-20)8-7-16(14)12-19-18(3,4)5/h7-8,11,15,19H,6,9-10,12-13H2,1-5H3. The number of benzene rings is 1. The smallest absolute Gasteiger partial charge is 0.0721 e. The summed E-state index contributed by atoms with van der Waals surface area (Å²) in [5.41, 5.74) is 4.22. The molecule has 21 heavy (non-hydrogen) atoms. The molecular weight excluding hydrogens is 260 g/mol. The van der Waals surface area contributed by atoms with Crippen LogP contribution >= 0.6 is 0 Å². The lowest BCUT2D eigenvalue weighted by molar-refractivity contribution is 0.0821. The molecule has 1 aliphatic rings. The van der Waals surface area contributed by atoms with Crippen molar-refractivity contribution >= 4 is 5.69 Å². The van der Waals surface area contributed by atoms with E-state index < -0.39 is 0 Å². The Bertz CT molecular complexity index is 465. The molecule has 0 aromatic heterocycles. The minimum Gasteiger partial charge on any atom is -0.377 e. The number of nitrogens with zero attached hydrogens (tertiary/aromatic N) is 1. The number of ether oxygens (including phenoxy) is 1. The maximum absolute atomic E-state index is 5.73. The van der Waals surface area contributed by atoms with Crippen molar-refractivity contribution in [1.82, 2.24) is 5.32 Å². The van der Waals surface area contributed by atoms with Gasteiger partial charge in [-0.2, -0.15) is 0 Å². The molecule has 0 bridgehead atoms. The highest BCUT2D eigenvalue weighted by atomic mass is 16.5. The first kappa shape index (κ1) is 16.3. The Morgan fingerprint density at radius 2 is 2.10 bits per heavy atom. The molecule has 3 nitrogen and oxygen atoms in total. The van der Waals surface area contributed by atoms with Gasteiger partial charge in [-0.25, -0.2) is 0 Å². The summed E-state index contributed by atoms with van der Waals surface area (Å²) in [4.78, 5) is 2.45. The van der Waals surface area contributed by atoms with Gasteiger partial charge < -0.3 is 15.0 Å². The Morgan fingerprint density at radius 3 is 2.76 bits per heavy atom. The van der Waals surface area contributed by atoms with Crippen LogP contribution in [0.3, 0.4) is 0 Å². The number of hydrogen-bond donors (Lipinski definition) is 1. The van der Waals surface area contributed by atoms with Gasteiger partial charge in [-0.05, 0) is 64.3 Å². The van der Waals surface area contributed by atoms with Crippen LogP contribution in [0.25, 0.3) is 0 Å². The van der Waals surface area contributed by atoms with E-state index in [1.165, 1.54) is 16.8 Å². The summed E-state index contributed by atoms with van der Waals surface area (Å²) < 4.78 is 5.73. The maximum atomic E-state index is 5.73. The monoisotopic (exact) mass is 290 g/mol. The average molecular weight is 290 g/mol. The van der Waals surface area contributed by atoms with Crippen molar-refractivity contribution in [3.8, 4) is 0 Å². The van der Waals surface area contributed by atoms with Crippen molar-refractivity contribution in [3.63, 3.8) is 0 Å². The summed E-state index contributed by atoms with van der Waals surface area (Å²) >= 11 is 0. The van der Waals surface area contributed by atoms with E-state index in [4.69, 9.17) is 4.74 Å². The maximum Gasteiger partial charge on any atom is 0.0721 e. The highest BCUT2D eigenvalue weighted by molar-refractivity contribution is 5.51. The highest BCUT2D eigenvalue weighted by Gasteiger charge is 2.16. The second-order valence-electron chi connectivity index (χ2n) is 7.20. The fourth-order valence-electron chi connectivity index (χ4n) is 2.66. The molecule has 0 spiro atoms. The normalized spacial score (nSPS) is 20.4. The summed E-state index contributed by atoms with van der Waals surface area (Å²) in [5.74, 6) is 0. The van der Waals surface area contributed by atoms with Gasteiger partial charge in [0, 0.05) is 37.5 Å². The van der Waals surface area contributed by atoms with Crippen LogP contribution in [-0.2, 0) is 11.3 Å². The van der Waals surface area contributed by atoms with E-state index >= 15 is 0 Å². The van der Waals surface area contributed by atoms with Crippen molar-refractivity contribution in [1.29, 1.82) is 0 Å². The number of rotatable bonds is 3. The molecule has 0 saturated carbocycles. The number of anilines is 1. The quantitative estimate of drug-likeness (QED) is 0.922. The van der Waals surface area contributed by atoms with Crippen molar-refractivity contribution in [2.75, 3.05) is 24.6 Å². The van der Waals surface area contributed by atoms with Gasteiger partial charge in [-0.15, -0.1) is 0 Å². The van der Waals surface area contributed by atoms with Gasteiger partial charge in [0.2, 0.25) is 0 Å². The largest absolute Gasteiger partial charge is 0.377 e. The van der Waals surface area contributed by atoms with E-state index in [1.54, 1.807) is 0 Å². The average Bonchev–Trinajstić information content (AvgIpc) is 2.61. The van der Waals surface area contributed by atoms with Crippen molar-refractivity contribution in [3.05, 3.63) is 29.3 Å². The van der Waals surface area contributed by atoms with Crippen LogP contribution in [0.2, 0.25) is 0 Å². The van der Waals surface area contributed by atoms with E-state index in [0.717, 1.165) is 32.7 Å².